The van der Waals surface area contributed by atoms with Crippen LogP contribution < -0.4 is 22.9 Å². The standard InChI is InChI=1S/4C4H9NO3/c4*1-2(6)3(5)4(7)8/h4*2-3,6H,5H2,1H3,(H,7,8)/t2*2-,3+;2*2-,3-/m1010/s1. The summed E-state index contributed by atoms with van der Waals surface area (Å²) in [5.74, 6) is -4.72. The van der Waals surface area contributed by atoms with Crippen molar-refractivity contribution in [3.05, 3.63) is 0 Å². The van der Waals surface area contributed by atoms with E-state index in [1.54, 1.807) is 0 Å². The van der Waals surface area contributed by atoms with Crippen LogP contribution in [0, 0.1) is 0 Å². The maximum absolute atomic E-state index is 9.86. The summed E-state index contributed by atoms with van der Waals surface area (Å²) in [5.41, 5.74) is 19.6. The number of carboxylic acids is 4. The summed E-state index contributed by atoms with van der Waals surface area (Å²) in [4.78, 5) is 39.4. The predicted octanol–water partition coefficient (Wildman–Crippen LogP) is -4.88. The van der Waals surface area contributed by atoms with Gasteiger partial charge in [0.25, 0.3) is 0 Å². The van der Waals surface area contributed by atoms with Crippen molar-refractivity contribution < 1.29 is 60.0 Å². The zero-order valence-electron chi connectivity index (χ0n) is 18.1. The van der Waals surface area contributed by atoms with E-state index >= 15 is 0 Å². The summed E-state index contributed by atoms with van der Waals surface area (Å²) in [7, 11) is 0. The Labute approximate surface area is 184 Å². The Hall–Kier alpha value is -2.44. The van der Waals surface area contributed by atoms with Crippen molar-refractivity contribution in [3.8, 4) is 0 Å². The molecule has 0 aliphatic carbocycles. The second-order valence-corrected chi connectivity index (χ2v) is 6.42. The number of carbonyl (C=O) groups is 4. The highest BCUT2D eigenvalue weighted by Gasteiger charge is 2.18. The first-order chi connectivity index (χ1) is 14.2. The van der Waals surface area contributed by atoms with E-state index in [2.05, 4.69) is 0 Å². The number of carboxylic acid groups (broad SMARTS) is 4. The van der Waals surface area contributed by atoms with Gasteiger partial charge in [-0.3, -0.25) is 19.2 Å². The molecule has 0 aliphatic rings. The summed E-state index contributed by atoms with van der Waals surface area (Å²) < 4.78 is 0. The number of nitrogens with two attached hydrogens (primary N) is 4. The average Bonchev–Trinajstić information content (AvgIpc) is 2.65. The highest BCUT2D eigenvalue weighted by atomic mass is 16.4. The van der Waals surface area contributed by atoms with E-state index in [0.717, 1.165) is 0 Å². The normalized spacial score (nSPS) is 17.4. The second-order valence-electron chi connectivity index (χ2n) is 6.42. The first kappa shape index (κ1) is 36.9. The van der Waals surface area contributed by atoms with Gasteiger partial charge in [-0.2, -0.15) is 0 Å². The Balaban J connectivity index is -0.000000163. The molecule has 192 valence electrons. The molecule has 0 radical (unpaired) electrons. The monoisotopic (exact) mass is 476 g/mol. The van der Waals surface area contributed by atoms with Gasteiger partial charge in [-0.15, -0.1) is 0 Å². The van der Waals surface area contributed by atoms with E-state index in [4.69, 9.17) is 63.8 Å². The van der Waals surface area contributed by atoms with Crippen LogP contribution in [0.3, 0.4) is 0 Å². The first-order valence-corrected chi connectivity index (χ1v) is 8.87. The Kier molecular flexibility index (Phi) is 22.2. The molecule has 0 aromatic carbocycles. The minimum absolute atomic E-state index is 0.979. The van der Waals surface area contributed by atoms with Gasteiger partial charge in [-0.1, -0.05) is 0 Å². The van der Waals surface area contributed by atoms with E-state index in [-0.39, 0.29) is 0 Å². The van der Waals surface area contributed by atoms with E-state index in [1.807, 2.05) is 0 Å². The molecule has 8 atom stereocenters. The summed E-state index contributed by atoms with van der Waals surface area (Å²) in [6.45, 7) is 5.33. The molecule has 0 bridgehead atoms. The topological polar surface area (TPSA) is 334 Å². The van der Waals surface area contributed by atoms with Gasteiger partial charge in [0, 0.05) is 0 Å². The van der Waals surface area contributed by atoms with Crippen LogP contribution in [0.5, 0.6) is 0 Å². The SMILES string of the molecule is C[C@@H](O)[C@@H](N)C(=O)O.C[C@@H](O)[C@H](N)C(=O)O.C[C@H](O)[C@@H](N)C(=O)O.C[C@H](O)[C@H](N)C(=O)O. The smallest absolute Gasteiger partial charge is 0.323 e. The van der Waals surface area contributed by atoms with Crippen molar-refractivity contribution in [2.75, 3.05) is 0 Å². The quantitative estimate of drug-likeness (QED) is 0.156. The van der Waals surface area contributed by atoms with Crippen LogP contribution in [-0.4, -0.2) is 113 Å². The van der Waals surface area contributed by atoms with Crippen molar-refractivity contribution >= 4 is 23.9 Å². The highest BCUT2D eigenvalue weighted by Crippen LogP contribution is 1.87. The molecule has 0 saturated heterocycles. The largest absolute Gasteiger partial charge is 0.480 e. The van der Waals surface area contributed by atoms with E-state index in [0.29, 0.717) is 0 Å². The van der Waals surface area contributed by atoms with Gasteiger partial charge in [0.2, 0.25) is 0 Å². The van der Waals surface area contributed by atoms with E-state index in [9.17, 15) is 19.2 Å². The molecule has 32 heavy (non-hydrogen) atoms. The molecule has 0 amide bonds. The van der Waals surface area contributed by atoms with Gasteiger partial charge in [-0.25, -0.2) is 0 Å². The predicted molar refractivity (Wildman–Crippen MR) is 109 cm³/mol. The third-order valence-electron chi connectivity index (χ3n) is 3.22. The van der Waals surface area contributed by atoms with Crippen molar-refractivity contribution in [3.63, 3.8) is 0 Å². The Bertz CT molecular complexity index is 461. The van der Waals surface area contributed by atoms with Gasteiger partial charge in [-0.05, 0) is 27.7 Å². The van der Waals surface area contributed by atoms with Crippen LogP contribution in [-0.2, 0) is 19.2 Å². The van der Waals surface area contributed by atoms with Crippen molar-refractivity contribution in [1.82, 2.24) is 0 Å². The molecule has 0 aliphatic heterocycles. The zero-order chi connectivity index (χ0) is 26.9. The van der Waals surface area contributed by atoms with Crippen LogP contribution in [0.4, 0.5) is 0 Å². The lowest BCUT2D eigenvalue weighted by atomic mass is 10.2. The number of aliphatic hydroxyl groups is 4. The molecule has 0 spiro atoms. The Morgan fingerprint density at radius 3 is 0.531 bits per heavy atom. The molecule has 0 aromatic rings. The fourth-order valence-corrected chi connectivity index (χ4v) is 0.825. The van der Waals surface area contributed by atoms with Crippen molar-refractivity contribution in [1.29, 1.82) is 0 Å². The minimum atomic E-state index is -1.18. The van der Waals surface area contributed by atoms with Gasteiger partial charge < -0.3 is 63.8 Å². The molecule has 0 unspecified atom stereocenters. The molecule has 0 fully saturated rings. The molecule has 16 nitrogen and oxygen atoms in total. The summed E-state index contributed by atoms with van der Waals surface area (Å²) in [6.07, 6.45) is -3.92. The highest BCUT2D eigenvalue weighted by molar-refractivity contribution is 5.74. The van der Waals surface area contributed by atoms with Crippen molar-refractivity contribution in [2.45, 2.75) is 76.3 Å². The molecule has 0 saturated carbocycles. The molecule has 0 heterocycles. The van der Waals surface area contributed by atoms with Gasteiger partial charge >= 0.3 is 23.9 Å². The Morgan fingerprint density at radius 2 is 0.531 bits per heavy atom. The van der Waals surface area contributed by atoms with Crippen LogP contribution >= 0.6 is 0 Å². The molecule has 0 aromatic heterocycles. The second kappa shape index (κ2) is 19.3. The summed E-state index contributed by atoms with van der Waals surface area (Å²) >= 11 is 0. The zero-order valence-corrected chi connectivity index (χ0v) is 18.1. The van der Waals surface area contributed by atoms with Crippen LogP contribution in [0.15, 0.2) is 0 Å². The molecule has 16 heteroatoms. The third kappa shape index (κ3) is 22.2. The van der Waals surface area contributed by atoms with Gasteiger partial charge in [0.05, 0.1) is 24.4 Å². The number of aliphatic hydroxyl groups excluding tert-OH is 4. The fraction of sp³-hybridized carbons (Fsp3) is 0.750. The van der Waals surface area contributed by atoms with E-state index in [1.165, 1.54) is 27.7 Å². The summed E-state index contributed by atoms with van der Waals surface area (Å²) in [5, 5.41) is 66.2. The lowest BCUT2D eigenvalue weighted by Crippen LogP contribution is -2.39. The average molecular weight is 476 g/mol. The maximum atomic E-state index is 9.86. The molecule has 16 N–H and O–H groups in total. The lowest BCUT2D eigenvalue weighted by Gasteiger charge is -2.07. The Morgan fingerprint density at radius 1 is 0.438 bits per heavy atom. The number of aliphatic carboxylic acids is 4. The molecule has 0 rings (SSSR count). The molecular formula is C16H36N4O12. The molecular weight excluding hydrogens is 440 g/mol. The minimum Gasteiger partial charge on any atom is -0.480 e. The lowest BCUT2D eigenvalue weighted by molar-refractivity contribution is -0.141. The van der Waals surface area contributed by atoms with E-state index < -0.39 is 72.5 Å². The van der Waals surface area contributed by atoms with Crippen molar-refractivity contribution in [2.24, 2.45) is 22.9 Å². The van der Waals surface area contributed by atoms with Crippen LogP contribution in [0.1, 0.15) is 27.7 Å². The van der Waals surface area contributed by atoms with Crippen LogP contribution in [0.2, 0.25) is 0 Å². The fourth-order valence-electron chi connectivity index (χ4n) is 0.825. The number of hydrogen-bond acceptors (Lipinski definition) is 12. The first-order valence-electron chi connectivity index (χ1n) is 8.87. The number of hydrogen-bond donors (Lipinski definition) is 12. The van der Waals surface area contributed by atoms with Crippen LogP contribution in [0.25, 0.3) is 0 Å². The van der Waals surface area contributed by atoms with Gasteiger partial charge in [0.15, 0.2) is 0 Å². The maximum Gasteiger partial charge on any atom is 0.323 e. The number of rotatable bonds is 8. The summed E-state index contributed by atoms with van der Waals surface area (Å²) in [6, 6.07) is -4.63. The third-order valence-corrected chi connectivity index (χ3v) is 3.22. The van der Waals surface area contributed by atoms with Gasteiger partial charge in [0.1, 0.15) is 24.2 Å².